The maximum atomic E-state index is 12.2. The van der Waals surface area contributed by atoms with E-state index in [1.165, 1.54) is 4.90 Å². The Morgan fingerprint density at radius 3 is 2.17 bits per heavy atom. The van der Waals surface area contributed by atoms with Gasteiger partial charge in [-0.05, 0) is 52.4 Å². The van der Waals surface area contributed by atoms with Gasteiger partial charge in [0.1, 0.15) is 11.6 Å². The summed E-state index contributed by atoms with van der Waals surface area (Å²) in [5.41, 5.74) is -0.586. The Kier molecular flexibility index (Phi) is 3.25. The Balaban J connectivity index is 2.18. The third kappa shape index (κ3) is 2.44. The minimum Gasteiger partial charge on any atom is -0.480 e. The van der Waals surface area contributed by atoms with E-state index in [1.807, 2.05) is 0 Å². The van der Waals surface area contributed by atoms with E-state index in [-0.39, 0.29) is 12.0 Å². The van der Waals surface area contributed by atoms with Crippen LogP contribution in [0.3, 0.4) is 0 Å². The van der Waals surface area contributed by atoms with Gasteiger partial charge in [0.05, 0.1) is 0 Å². The first kappa shape index (κ1) is 13.2. The van der Waals surface area contributed by atoms with E-state index in [0.717, 1.165) is 25.7 Å². The smallest absolute Gasteiger partial charge is 0.411 e. The van der Waals surface area contributed by atoms with Crippen molar-refractivity contribution in [2.24, 2.45) is 5.92 Å². The molecule has 1 aliphatic carbocycles. The average molecular weight is 255 g/mol. The summed E-state index contributed by atoms with van der Waals surface area (Å²) in [6.07, 6.45) is 3.12. The number of piperidine rings is 2. The fourth-order valence-electron chi connectivity index (χ4n) is 3.05. The van der Waals surface area contributed by atoms with Crippen molar-refractivity contribution < 1.29 is 19.4 Å². The number of carboxylic acids is 1. The number of carboxylic acid groups (broad SMARTS) is 1. The van der Waals surface area contributed by atoms with Crippen LogP contribution in [0.25, 0.3) is 0 Å². The SMILES string of the molecule is CC(C)(C)OC(=O)N1C2CCC(CC2)C1C(=O)O. The Morgan fingerprint density at radius 1 is 1.17 bits per heavy atom. The van der Waals surface area contributed by atoms with Gasteiger partial charge in [0.15, 0.2) is 0 Å². The van der Waals surface area contributed by atoms with E-state index in [2.05, 4.69) is 0 Å². The lowest BCUT2D eigenvalue weighted by molar-refractivity contribution is -0.152. The third-order valence-electron chi connectivity index (χ3n) is 3.74. The molecule has 3 rings (SSSR count). The van der Waals surface area contributed by atoms with Crippen molar-refractivity contribution >= 4 is 12.1 Å². The molecule has 1 N–H and O–H groups in total. The van der Waals surface area contributed by atoms with Crippen molar-refractivity contribution in [1.82, 2.24) is 4.90 Å². The van der Waals surface area contributed by atoms with Crippen molar-refractivity contribution in [2.75, 3.05) is 0 Å². The molecule has 1 unspecified atom stereocenters. The van der Waals surface area contributed by atoms with Crippen LogP contribution in [0.15, 0.2) is 0 Å². The van der Waals surface area contributed by atoms with Crippen LogP contribution in [0.5, 0.6) is 0 Å². The molecular weight excluding hydrogens is 234 g/mol. The molecular formula is C13H21NO4. The van der Waals surface area contributed by atoms with Crippen molar-refractivity contribution in [1.29, 1.82) is 0 Å². The van der Waals surface area contributed by atoms with E-state index in [0.29, 0.717) is 0 Å². The quantitative estimate of drug-likeness (QED) is 0.780. The molecule has 102 valence electrons. The van der Waals surface area contributed by atoms with Crippen LogP contribution in [-0.2, 0) is 9.53 Å². The largest absolute Gasteiger partial charge is 0.480 e. The topological polar surface area (TPSA) is 66.8 Å². The van der Waals surface area contributed by atoms with E-state index in [1.54, 1.807) is 20.8 Å². The Bertz CT molecular complexity index is 352. The first-order valence-corrected chi connectivity index (χ1v) is 6.54. The number of carbonyl (C=O) groups is 2. The molecule has 0 radical (unpaired) electrons. The van der Waals surface area contributed by atoms with Gasteiger partial charge in [-0.2, -0.15) is 0 Å². The predicted octanol–water partition coefficient (Wildman–Crippen LogP) is 2.25. The van der Waals surface area contributed by atoms with Gasteiger partial charge in [0.25, 0.3) is 0 Å². The summed E-state index contributed by atoms with van der Waals surface area (Å²) in [4.78, 5) is 25.0. The second kappa shape index (κ2) is 4.44. The maximum Gasteiger partial charge on any atom is 0.411 e. The maximum absolute atomic E-state index is 12.2. The molecule has 2 saturated heterocycles. The molecule has 0 aromatic carbocycles. The highest BCUT2D eigenvalue weighted by atomic mass is 16.6. The number of carbonyl (C=O) groups excluding carboxylic acids is 1. The van der Waals surface area contributed by atoms with Crippen LogP contribution in [0.2, 0.25) is 0 Å². The van der Waals surface area contributed by atoms with Gasteiger partial charge in [-0.1, -0.05) is 0 Å². The molecule has 3 fully saturated rings. The van der Waals surface area contributed by atoms with Gasteiger partial charge in [0, 0.05) is 6.04 Å². The summed E-state index contributed by atoms with van der Waals surface area (Å²) in [5, 5.41) is 9.33. The number of rotatable bonds is 1. The standard InChI is InChI=1S/C13H21NO4/c1-13(2,3)18-12(17)14-9-6-4-8(5-7-9)10(14)11(15)16/h8-10H,4-7H2,1-3H3,(H,15,16). The lowest BCUT2D eigenvalue weighted by atomic mass is 9.75. The van der Waals surface area contributed by atoms with Gasteiger partial charge in [0.2, 0.25) is 0 Å². The van der Waals surface area contributed by atoms with Gasteiger partial charge in [-0.3, -0.25) is 4.90 Å². The Morgan fingerprint density at radius 2 is 1.72 bits per heavy atom. The fraction of sp³-hybridized carbons (Fsp3) is 0.846. The monoisotopic (exact) mass is 255 g/mol. The Labute approximate surface area is 107 Å². The zero-order valence-electron chi connectivity index (χ0n) is 11.2. The summed E-state index contributed by atoms with van der Waals surface area (Å²) < 4.78 is 5.33. The van der Waals surface area contributed by atoms with Crippen molar-refractivity contribution in [3.05, 3.63) is 0 Å². The van der Waals surface area contributed by atoms with E-state index in [4.69, 9.17) is 4.74 Å². The molecule has 3 aliphatic rings. The zero-order chi connectivity index (χ0) is 13.5. The predicted molar refractivity (Wildman–Crippen MR) is 65.2 cm³/mol. The average Bonchev–Trinajstić information content (AvgIpc) is 2.26. The van der Waals surface area contributed by atoms with Crippen LogP contribution < -0.4 is 0 Å². The fourth-order valence-corrected chi connectivity index (χ4v) is 3.05. The number of hydrogen-bond donors (Lipinski definition) is 1. The minimum absolute atomic E-state index is 0.0333. The van der Waals surface area contributed by atoms with E-state index < -0.39 is 23.7 Å². The molecule has 5 heteroatoms. The van der Waals surface area contributed by atoms with E-state index >= 15 is 0 Å². The van der Waals surface area contributed by atoms with Crippen LogP contribution in [-0.4, -0.2) is 39.8 Å². The van der Waals surface area contributed by atoms with Gasteiger partial charge >= 0.3 is 12.1 Å². The molecule has 2 aliphatic heterocycles. The molecule has 0 spiro atoms. The number of aliphatic carboxylic acids is 1. The van der Waals surface area contributed by atoms with Crippen LogP contribution in [0, 0.1) is 5.92 Å². The molecule has 2 heterocycles. The molecule has 1 atom stereocenters. The second-order valence-electron chi connectivity index (χ2n) is 6.24. The van der Waals surface area contributed by atoms with Crippen molar-refractivity contribution in [2.45, 2.75) is 64.1 Å². The third-order valence-corrected chi connectivity index (χ3v) is 3.74. The first-order chi connectivity index (χ1) is 8.29. The number of hydrogen-bond acceptors (Lipinski definition) is 3. The minimum atomic E-state index is -0.907. The number of nitrogens with zero attached hydrogens (tertiary/aromatic N) is 1. The van der Waals surface area contributed by atoms with Gasteiger partial charge in [-0.15, -0.1) is 0 Å². The summed E-state index contributed by atoms with van der Waals surface area (Å²) in [5.74, 6) is -0.824. The summed E-state index contributed by atoms with van der Waals surface area (Å²) in [6, 6.07) is -0.668. The molecule has 18 heavy (non-hydrogen) atoms. The highest BCUT2D eigenvalue weighted by Gasteiger charge is 2.48. The molecule has 1 amide bonds. The second-order valence-corrected chi connectivity index (χ2v) is 6.24. The van der Waals surface area contributed by atoms with Crippen molar-refractivity contribution in [3.63, 3.8) is 0 Å². The number of ether oxygens (including phenoxy) is 1. The van der Waals surface area contributed by atoms with Crippen LogP contribution in [0.4, 0.5) is 4.79 Å². The summed E-state index contributed by atoms with van der Waals surface area (Å²) >= 11 is 0. The van der Waals surface area contributed by atoms with Gasteiger partial charge in [-0.25, -0.2) is 9.59 Å². The highest BCUT2D eigenvalue weighted by molar-refractivity contribution is 5.81. The molecule has 1 saturated carbocycles. The van der Waals surface area contributed by atoms with Crippen LogP contribution in [0.1, 0.15) is 46.5 Å². The molecule has 0 aromatic heterocycles. The number of fused-ring (bicyclic) bond motifs is 3. The number of amides is 1. The zero-order valence-corrected chi connectivity index (χ0v) is 11.2. The molecule has 5 nitrogen and oxygen atoms in total. The molecule has 0 aromatic rings. The Hall–Kier alpha value is -1.26. The summed E-state index contributed by atoms with van der Waals surface area (Å²) in [7, 11) is 0. The van der Waals surface area contributed by atoms with Crippen LogP contribution >= 0.6 is 0 Å². The van der Waals surface area contributed by atoms with Crippen molar-refractivity contribution in [3.8, 4) is 0 Å². The highest BCUT2D eigenvalue weighted by Crippen LogP contribution is 2.40. The van der Waals surface area contributed by atoms with E-state index in [9.17, 15) is 14.7 Å². The summed E-state index contributed by atoms with van der Waals surface area (Å²) in [6.45, 7) is 5.38. The van der Waals surface area contributed by atoms with Gasteiger partial charge < -0.3 is 9.84 Å². The lowest BCUT2D eigenvalue weighted by Gasteiger charge is -2.49. The lowest BCUT2D eigenvalue weighted by Crippen LogP contribution is -2.61. The molecule has 2 bridgehead atoms. The first-order valence-electron chi connectivity index (χ1n) is 6.54. The normalized spacial score (nSPS) is 31.3.